The third-order valence-corrected chi connectivity index (χ3v) is 3.94. The Kier molecular flexibility index (Phi) is 2.59. The molecule has 1 rings (SSSR count). The van der Waals surface area contributed by atoms with Crippen molar-refractivity contribution in [3.63, 3.8) is 0 Å². The van der Waals surface area contributed by atoms with E-state index in [2.05, 4.69) is 31.1 Å². The lowest BCUT2D eigenvalue weighted by Crippen LogP contribution is -2.54. The molecule has 1 fully saturated rings. The van der Waals surface area contributed by atoms with E-state index in [1.807, 2.05) is 0 Å². The summed E-state index contributed by atoms with van der Waals surface area (Å²) in [5, 5.41) is 9.60. The maximum absolute atomic E-state index is 10.7. The average Bonchev–Trinajstić information content (AvgIpc) is 1.79. The molecular weight excluding hydrogens is 188 g/mol. The van der Waals surface area contributed by atoms with Gasteiger partial charge in [-0.25, -0.2) is 0 Å². The van der Waals surface area contributed by atoms with Gasteiger partial charge in [-0.05, 0) is 11.2 Å². The van der Waals surface area contributed by atoms with E-state index in [0.717, 1.165) is 0 Å². The zero-order valence-electron chi connectivity index (χ0n) is 7.68. The van der Waals surface area contributed by atoms with Gasteiger partial charge < -0.3 is 9.66 Å². The van der Waals surface area contributed by atoms with E-state index in [9.17, 15) is 9.66 Å². The minimum absolute atomic E-state index is 0.338. The standard InChI is InChI=1S/C8H14O2SSi/c1-12(2,3)5-4-8(9)6-11(10)7-8/h9H,6-7H2,1-3H3. The molecule has 0 aromatic rings. The lowest BCUT2D eigenvalue weighted by Gasteiger charge is -2.33. The maximum atomic E-state index is 10.7. The highest BCUT2D eigenvalue weighted by atomic mass is 32.2. The quantitative estimate of drug-likeness (QED) is 0.350. The predicted molar refractivity (Wildman–Crippen MR) is 53.9 cm³/mol. The Morgan fingerprint density at radius 3 is 2.25 bits per heavy atom. The molecule has 0 spiro atoms. The first-order chi connectivity index (χ1) is 5.31. The summed E-state index contributed by atoms with van der Waals surface area (Å²) in [5.41, 5.74) is 2.16. The molecule has 12 heavy (non-hydrogen) atoms. The molecule has 0 aliphatic carbocycles. The van der Waals surface area contributed by atoms with E-state index >= 15 is 0 Å². The van der Waals surface area contributed by atoms with Crippen molar-refractivity contribution in [2.45, 2.75) is 25.2 Å². The molecule has 0 unspecified atom stereocenters. The van der Waals surface area contributed by atoms with Crippen LogP contribution in [0.2, 0.25) is 19.6 Å². The molecule has 4 heteroatoms. The van der Waals surface area contributed by atoms with Gasteiger partial charge in [0, 0.05) is 0 Å². The molecule has 0 saturated carbocycles. The summed E-state index contributed by atoms with van der Waals surface area (Å²) in [6.07, 6.45) is 0. The van der Waals surface area contributed by atoms with Crippen LogP contribution in [0.25, 0.3) is 0 Å². The van der Waals surface area contributed by atoms with Crippen LogP contribution in [0.15, 0.2) is 0 Å². The normalized spacial score (nSPS) is 34.9. The number of hydrogen-bond donors (Lipinski definition) is 1. The van der Waals surface area contributed by atoms with Crippen LogP contribution < -0.4 is 0 Å². The minimum Gasteiger partial charge on any atom is -0.616 e. The molecule has 0 aromatic carbocycles. The third kappa shape index (κ3) is 2.83. The van der Waals surface area contributed by atoms with Gasteiger partial charge in [-0.3, -0.25) is 0 Å². The average molecular weight is 202 g/mol. The summed E-state index contributed by atoms with van der Waals surface area (Å²) in [6, 6.07) is 0. The van der Waals surface area contributed by atoms with Gasteiger partial charge in [0.2, 0.25) is 5.60 Å². The molecule has 0 bridgehead atoms. The topological polar surface area (TPSA) is 43.3 Å². The van der Waals surface area contributed by atoms with Gasteiger partial charge in [0.25, 0.3) is 0 Å². The Morgan fingerprint density at radius 1 is 1.42 bits per heavy atom. The van der Waals surface area contributed by atoms with E-state index in [-0.39, 0.29) is 0 Å². The van der Waals surface area contributed by atoms with Gasteiger partial charge in [-0.15, -0.1) is 5.54 Å². The molecule has 0 radical (unpaired) electrons. The Bertz CT molecular complexity index is 230. The van der Waals surface area contributed by atoms with Crippen molar-refractivity contribution in [2.24, 2.45) is 0 Å². The smallest absolute Gasteiger partial charge is 0.214 e. The lowest BCUT2D eigenvalue weighted by atomic mass is 10.1. The van der Waals surface area contributed by atoms with Crippen LogP contribution in [-0.2, 0) is 11.2 Å². The Labute approximate surface area is 77.6 Å². The van der Waals surface area contributed by atoms with E-state index in [1.165, 1.54) is 0 Å². The molecule has 2 nitrogen and oxygen atoms in total. The van der Waals surface area contributed by atoms with Gasteiger partial charge >= 0.3 is 0 Å². The monoisotopic (exact) mass is 202 g/mol. The summed E-state index contributed by atoms with van der Waals surface area (Å²) in [6.45, 7) is 6.37. The fourth-order valence-electron chi connectivity index (χ4n) is 0.866. The zero-order valence-corrected chi connectivity index (χ0v) is 9.49. The maximum Gasteiger partial charge on any atom is 0.214 e. The van der Waals surface area contributed by atoms with Crippen molar-refractivity contribution >= 4 is 19.2 Å². The summed E-state index contributed by atoms with van der Waals surface area (Å²) in [5.74, 6) is 3.52. The summed E-state index contributed by atoms with van der Waals surface area (Å²) in [7, 11) is -1.39. The van der Waals surface area contributed by atoms with E-state index in [4.69, 9.17) is 0 Å². The van der Waals surface area contributed by atoms with Crippen LogP contribution in [0.4, 0.5) is 0 Å². The second kappa shape index (κ2) is 3.07. The number of hydrogen-bond acceptors (Lipinski definition) is 2. The Hall–Kier alpha value is 0.0469. The predicted octanol–water partition coefficient (Wildman–Crippen LogP) is 0.361. The highest BCUT2D eigenvalue weighted by Crippen LogP contribution is 2.22. The van der Waals surface area contributed by atoms with E-state index in [1.54, 1.807) is 0 Å². The molecule has 0 atom stereocenters. The van der Waals surface area contributed by atoms with Crippen molar-refractivity contribution in [1.82, 2.24) is 0 Å². The van der Waals surface area contributed by atoms with Crippen molar-refractivity contribution in [3.8, 4) is 11.5 Å². The first kappa shape index (κ1) is 10.1. The fraction of sp³-hybridized carbons (Fsp3) is 0.750. The van der Waals surface area contributed by atoms with Gasteiger partial charge in [-0.1, -0.05) is 25.6 Å². The first-order valence-corrected chi connectivity index (χ1v) is 8.91. The van der Waals surface area contributed by atoms with Crippen molar-refractivity contribution in [2.75, 3.05) is 11.5 Å². The summed E-state index contributed by atoms with van der Waals surface area (Å²) >= 11 is -0.827. The Balaban J connectivity index is 2.55. The molecular formula is C8H14O2SSi. The number of aliphatic hydroxyl groups is 1. The van der Waals surface area contributed by atoms with Crippen LogP contribution in [0.3, 0.4) is 0 Å². The third-order valence-electron chi connectivity index (χ3n) is 1.47. The van der Waals surface area contributed by atoms with Crippen LogP contribution in [0.1, 0.15) is 0 Å². The second-order valence-electron chi connectivity index (χ2n) is 4.26. The highest BCUT2D eigenvalue weighted by molar-refractivity contribution is 7.93. The largest absolute Gasteiger partial charge is 0.616 e. The summed E-state index contributed by atoms with van der Waals surface area (Å²) < 4.78 is 10.7. The van der Waals surface area contributed by atoms with Crippen LogP contribution in [-0.4, -0.2) is 34.8 Å². The van der Waals surface area contributed by atoms with Gasteiger partial charge in [0.1, 0.15) is 19.6 Å². The Morgan fingerprint density at radius 2 is 1.92 bits per heavy atom. The lowest BCUT2D eigenvalue weighted by molar-refractivity contribution is 0.133. The second-order valence-corrected chi connectivity index (χ2v) is 10.5. The molecule has 1 aliphatic rings. The molecule has 0 aromatic heterocycles. The SMILES string of the molecule is C[Si](C)(C)C#CC1(O)C[S+]([O-])C1. The summed E-state index contributed by atoms with van der Waals surface area (Å²) in [4.78, 5) is 0. The molecule has 1 aliphatic heterocycles. The van der Waals surface area contributed by atoms with Crippen molar-refractivity contribution in [1.29, 1.82) is 0 Å². The fourth-order valence-corrected chi connectivity index (χ4v) is 2.60. The van der Waals surface area contributed by atoms with Crippen molar-refractivity contribution < 1.29 is 9.66 Å². The van der Waals surface area contributed by atoms with Gasteiger partial charge in [0.15, 0.2) is 0 Å². The van der Waals surface area contributed by atoms with Gasteiger partial charge in [0.05, 0.1) is 0 Å². The number of rotatable bonds is 0. The van der Waals surface area contributed by atoms with Crippen molar-refractivity contribution in [3.05, 3.63) is 0 Å². The highest BCUT2D eigenvalue weighted by Gasteiger charge is 2.45. The molecule has 1 N–H and O–H groups in total. The van der Waals surface area contributed by atoms with Gasteiger partial charge in [-0.2, -0.15) is 0 Å². The zero-order chi connectivity index (χ0) is 9.41. The van der Waals surface area contributed by atoms with Crippen LogP contribution in [0, 0.1) is 11.5 Å². The van der Waals surface area contributed by atoms with E-state index in [0.29, 0.717) is 11.5 Å². The van der Waals surface area contributed by atoms with E-state index < -0.39 is 24.9 Å². The van der Waals surface area contributed by atoms with Crippen LogP contribution in [0.5, 0.6) is 0 Å². The molecule has 0 amide bonds. The molecule has 68 valence electrons. The van der Waals surface area contributed by atoms with Crippen LogP contribution >= 0.6 is 0 Å². The molecule has 1 saturated heterocycles. The molecule has 1 heterocycles. The first-order valence-electron chi connectivity index (χ1n) is 3.92. The minimum atomic E-state index is -1.39.